The summed E-state index contributed by atoms with van der Waals surface area (Å²) in [5, 5.41) is 3.69. The maximum Gasteiger partial charge on any atom is 0.193 e. The molecule has 5 heteroatoms. The second-order valence-electron chi connectivity index (χ2n) is 7.49. The molecule has 0 saturated carbocycles. The number of piperidine rings is 1. The number of aliphatic imine (C=N–C) groups is 1. The van der Waals surface area contributed by atoms with Gasteiger partial charge in [0, 0.05) is 49.8 Å². The fourth-order valence-corrected chi connectivity index (χ4v) is 4.36. The predicted molar refractivity (Wildman–Crippen MR) is 107 cm³/mol. The van der Waals surface area contributed by atoms with E-state index in [1.807, 2.05) is 7.05 Å². The molecule has 25 heavy (non-hydrogen) atoms. The van der Waals surface area contributed by atoms with Gasteiger partial charge < -0.3 is 15.0 Å². The van der Waals surface area contributed by atoms with Crippen LogP contribution in [0.3, 0.4) is 0 Å². The van der Waals surface area contributed by atoms with Crippen LogP contribution in [0.1, 0.15) is 38.2 Å². The lowest BCUT2D eigenvalue weighted by Crippen LogP contribution is -2.51. The highest BCUT2D eigenvalue weighted by atomic mass is 79.9. The second-order valence-corrected chi connectivity index (χ2v) is 8.41. The van der Waals surface area contributed by atoms with Crippen LogP contribution in [0.15, 0.2) is 33.7 Å². The van der Waals surface area contributed by atoms with Crippen molar-refractivity contribution in [1.29, 1.82) is 0 Å². The summed E-state index contributed by atoms with van der Waals surface area (Å²) in [6, 6.07) is 8.80. The fraction of sp³-hybridized carbons (Fsp3) is 0.650. The molecule has 1 atom stereocenters. The van der Waals surface area contributed by atoms with Crippen LogP contribution in [-0.2, 0) is 10.2 Å². The molecule has 2 heterocycles. The summed E-state index contributed by atoms with van der Waals surface area (Å²) in [6.07, 6.45) is 4.69. The molecule has 0 radical (unpaired) electrons. The van der Waals surface area contributed by atoms with E-state index >= 15 is 0 Å². The third kappa shape index (κ3) is 4.56. The summed E-state index contributed by atoms with van der Waals surface area (Å²) in [4.78, 5) is 6.98. The SMILES string of the molecule is CN=C(NCC1(c2ccc(Br)cc2)CCOCC1)N1CCCC(C)C1. The number of halogens is 1. The molecule has 2 saturated heterocycles. The minimum absolute atomic E-state index is 0.121. The largest absolute Gasteiger partial charge is 0.381 e. The molecule has 0 amide bonds. The van der Waals surface area contributed by atoms with Gasteiger partial charge in [0.15, 0.2) is 5.96 Å². The van der Waals surface area contributed by atoms with Crippen LogP contribution in [0.2, 0.25) is 0 Å². The number of ether oxygens (including phenoxy) is 1. The first kappa shape index (κ1) is 18.7. The first-order valence-corrected chi connectivity index (χ1v) is 10.2. The molecule has 3 rings (SSSR count). The van der Waals surface area contributed by atoms with Crippen molar-refractivity contribution in [2.24, 2.45) is 10.9 Å². The van der Waals surface area contributed by atoms with Crippen molar-refractivity contribution < 1.29 is 4.74 Å². The zero-order chi connectivity index (χ0) is 17.7. The molecule has 1 N–H and O–H groups in total. The van der Waals surface area contributed by atoms with E-state index in [1.165, 1.54) is 18.4 Å². The third-order valence-corrected chi connectivity index (χ3v) is 6.19. The van der Waals surface area contributed by atoms with Crippen molar-refractivity contribution in [3.05, 3.63) is 34.3 Å². The summed E-state index contributed by atoms with van der Waals surface area (Å²) in [6.45, 7) is 7.12. The normalized spacial score (nSPS) is 24.2. The van der Waals surface area contributed by atoms with E-state index < -0.39 is 0 Å². The molecule has 138 valence electrons. The van der Waals surface area contributed by atoms with Gasteiger partial charge in [-0.2, -0.15) is 0 Å². The van der Waals surface area contributed by atoms with Gasteiger partial charge in [-0.3, -0.25) is 4.99 Å². The van der Waals surface area contributed by atoms with Crippen molar-refractivity contribution in [2.45, 2.75) is 38.0 Å². The highest BCUT2D eigenvalue weighted by Gasteiger charge is 2.35. The first-order valence-electron chi connectivity index (χ1n) is 9.42. The first-order chi connectivity index (χ1) is 12.1. The van der Waals surface area contributed by atoms with Crippen molar-refractivity contribution in [3.8, 4) is 0 Å². The van der Waals surface area contributed by atoms with E-state index in [1.54, 1.807) is 0 Å². The molecule has 1 aromatic rings. The van der Waals surface area contributed by atoms with Crippen LogP contribution in [0.4, 0.5) is 0 Å². The number of guanidine groups is 1. The summed E-state index contributed by atoms with van der Waals surface area (Å²) in [5.74, 6) is 1.80. The van der Waals surface area contributed by atoms with E-state index in [2.05, 4.69) is 62.3 Å². The molecule has 0 aromatic heterocycles. The highest BCUT2D eigenvalue weighted by molar-refractivity contribution is 9.10. The lowest BCUT2D eigenvalue weighted by atomic mass is 9.74. The number of rotatable bonds is 3. The predicted octanol–water partition coefficient (Wildman–Crippen LogP) is 3.80. The number of nitrogens with zero attached hydrogens (tertiary/aromatic N) is 2. The molecule has 2 aliphatic heterocycles. The number of likely N-dealkylation sites (tertiary alicyclic amines) is 1. The van der Waals surface area contributed by atoms with E-state index in [0.29, 0.717) is 0 Å². The van der Waals surface area contributed by atoms with Crippen LogP contribution in [0, 0.1) is 5.92 Å². The molecule has 0 aliphatic carbocycles. The van der Waals surface area contributed by atoms with Crippen molar-refractivity contribution in [2.75, 3.05) is 39.9 Å². The second kappa shape index (κ2) is 8.54. The Morgan fingerprint density at radius 2 is 2.04 bits per heavy atom. The van der Waals surface area contributed by atoms with Crippen LogP contribution in [0.5, 0.6) is 0 Å². The van der Waals surface area contributed by atoms with E-state index in [-0.39, 0.29) is 5.41 Å². The summed E-state index contributed by atoms with van der Waals surface area (Å²) < 4.78 is 6.78. The zero-order valence-corrected chi connectivity index (χ0v) is 17.0. The van der Waals surface area contributed by atoms with Gasteiger partial charge in [0.1, 0.15) is 0 Å². The lowest BCUT2D eigenvalue weighted by Gasteiger charge is -2.40. The van der Waals surface area contributed by atoms with Gasteiger partial charge in [-0.05, 0) is 49.3 Å². The standard InChI is InChI=1S/C20H30BrN3O/c1-16-4-3-11-24(14-16)19(22-2)23-15-20(9-12-25-13-10-20)17-5-7-18(21)8-6-17/h5-8,16H,3-4,9-15H2,1-2H3,(H,22,23). The molecular weight excluding hydrogens is 378 g/mol. The highest BCUT2D eigenvalue weighted by Crippen LogP contribution is 2.35. The zero-order valence-electron chi connectivity index (χ0n) is 15.4. The summed E-state index contributed by atoms with van der Waals surface area (Å²) >= 11 is 3.55. The fourth-order valence-electron chi connectivity index (χ4n) is 4.10. The monoisotopic (exact) mass is 407 g/mol. The average molecular weight is 408 g/mol. The lowest BCUT2D eigenvalue weighted by molar-refractivity contribution is 0.0511. The summed E-state index contributed by atoms with van der Waals surface area (Å²) in [7, 11) is 1.90. The Hall–Kier alpha value is -1.07. The van der Waals surface area contributed by atoms with Crippen molar-refractivity contribution in [3.63, 3.8) is 0 Å². The van der Waals surface area contributed by atoms with E-state index in [0.717, 1.165) is 62.0 Å². The smallest absolute Gasteiger partial charge is 0.193 e. The van der Waals surface area contributed by atoms with Gasteiger partial charge in [-0.15, -0.1) is 0 Å². The molecule has 0 spiro atoms. The Bertz CT molecular complexity index is 581. The third-order valence-electron chi connectivity index (χ3n) is 5.66. The minimum Gasteiger partial charge on any atom is -0.381 e. The Kier molecular flexibility index (Phi) is 6.39. The Labute approximate surface area is 160 Å². The van der Waals surface area contributed by atoms with E-state index in [4.69, 9.17) is 4.74 Å². The molecule has 1 unspecified atom stereocenters. The van der Waals surface area contributed by atoms with Gasteiger partial charge in [-0.25, -0.2) is 0 Å². The van der Waals surface area contributed by atoms with Crippen LogP contribution < -0.4 is 5.32 Å². The number of benzene rings is 1. The Morgan fingerprint density at radius 1 is 1.32 bits per heavy atom. The Balaban J connectivity index is 1.73. The van der Waals surface area contributed by atoms with Crippen LogP contribution >= 0.6 is 15.9 Å². The van der Waals surface area contributed by atoms with Gasteiger partial charge in [-0.1, -0.05) is 35.0 Å². The number of nitrogens with one attached hydrogen (secondary N) is 1. The van der Waals surface area contributed by atoms with Gasteiger partial charge in [0.05, 0.1) is 0 Å². The van der Waals surface area contributed by atoms with Crippen molar-refractivity contribution >= 4 is 21.9 Å². The quantitative estimate of drug-likeness (QED) is 0.611. The average Bonchev–Trinajstić information content (AvgIpc) is 2.64. The van der Waals surface area contributed by atoms with Crippen molar-refractivity contribution in [1.82, 2.24) is 10.2 Å². The van der Waals surface area contributed by atoms with Crippen LogP contribution in [0.25, 0.3) is 0 Å². The number of hydrogen-bond donors (Lipinski definition) is 1. The van der Waals surface area contributed by atoms with Gasteiger partial charge >= 0.3 is 0 Å². The molecule has 2 aliphatic rings. The topological polar surface area (TPSA) is 36.9 Å². The molecule has 4 nitrogen and oxygen atoms in total. The van der Waals surface area contributed by atoms with Gasteiger partial charge in [0.2, 0.25) is 0 Å². The van der Waals surface area contributed by atoms with Crippen LogP contribution in [-0.4, -0.2) is 50.8 Å². The minimum atomic E-state index is 0.121. The van der Waals surface area contributed by atoms with E-state index in [9.17, 15) is 0 Å². The Morgan fingerprint density at radius 3 is 2.68 bits per heavy atom. The maximum absolute atomic E-state index is 5.66. The maximum atomic E-state index is 5.66. The molecular formula is C20H30BrN3O. The molecule has 1 aromatic carbocycles. The molecule has 0 bridgehead atoms. The molecule has 2 fully saturated rings. The number of hydrogen-bond acceptors (Lipinski definition) is 2. The summed E-state index contributed by atoms with van der Waals surface area (Å²) in [5.41, 5.74) is 1.52. The van der Waals surface area contributed by atoms with Gasteiger partial charge in [0.25, 0.3) is 0 Å².